The SMILES string of the molecule is CCNC(=O)C1(NC)CCNCC1. The number of piperidine rings is 1. The molecule has 1 fully saturated rings. The van der Waals surface area contributed by atoms with Gasteiger partial charge in [-0.05, 0) is 39.9 Å². The van der Waals surface area contributed by atoms with Gasteiger partial charge in [-0.15, -0.1) is 0 Å². The van der Waals surface area contributed by atoms with E-state index in [1.165, 1.54) is 0 Å². The van der Waals surface area contributed by atoms with E-state index in [-0.39, 0.29) is 11.4 Å². The van der Waals surface area contributed by atoms with Crippen LogP contribution in [0.25, 0.3) is 0 Å². The van der Waals surface area contributed by atoms with Gasteiger partial charge in [-0.3, -0.25) is 4.79 Å². The molecule has 1 aliphatic rings. The Morgan fingerprint density at radius 2 is 2.08 bits per heavy atom. The highest BCUT2D eigenvalue weighted by molar-refractivity contribution is 5.86. The van der Waals surface area contributed by atoms with Crippen molar-refractivity contribution in [3.63, 3.8) is 0 Å². The van der Waals surface area contributed by atoms with Gasteiger partial charge in [0.15, 0.2) is 0 Å². The van der Waals surface area contributed by atoms with E-state index in [9.17, 15) is 4.79 Å². The van der Waals surface area contributed by atoms with Gasteiger partial charge in [0.25, 0.3) is 0 Å². The summed E-state index contributed by atoms with van der Waals surface area (Å²) in [4.78, 5) is 11.7. The lowest BCUT2D eigenvalue weighted by Gasteiger charge is -2.35. The van der Waals surface area contributed by atoms with E-state index >= 15 is 0 Å². The number of carbonyl (C=O) groups excluding carboxylic acids is 1. The molecule has 1 heterocycles. The molecule has 1 amide bonds. The van der Waals surface area contributed by atoms with Crippen LogP contribution in [0.3, 0.4) is 0 Å². The van der Waals surface area contributed by atoms with E-state index in [1.54, 1.807) is 0 Å². The minimum atomic E-state index is -0.332. The molecular weight excluding hydrogens is 166 g/mol. The first-order chi connectivity index (χ1) is 6.25. The van der Waals surface area contributed by atoms with Gasteiger partial charge in [0.1, 0.15) is 0 Å². The van der Waals surface area contributed by atoms with Gasteiger partial charge in [-0.2, -0.15) is 0 Å². The van der Waals surface area contributed by atoms with Gasteiger partial charge in [-0.25, -0.2) is 0 Å². The molecule has 0 aromatic carbocycles. The molecule has 0 aromatic rings. The predicted molar refractivity (Wildman–Crippen MR) is 52.6 cm³/mol. The molecule has 76 valence electrons. The molecule has 13 heavy (non-hydrogen) atoms. The lowest BCUT2D eigenvalue weighted by Crippen LogP contribution is -2.60. The van der Waals surface area contributed by atoms with E-state index in [0.29, 0.717) is 6.54 Å². The second-order valence-corrected chi connectivity index (χ2v) is 3.44. The summed E-state index contributed by atoms with van der Waals surface area (Å²) < 4.78 is 0. The number of rotatable bonds is 3. The summed E-state index contributed by atoms with van der Waals surface area (Å²) in [5.41, 5.74) is -0.332. The van der Waals surface area contributed by atoms with Crippen LogP contribution in [0.2, 0.25) is 0 Å². The average molecular weight is 185 g/mol. The molecule has 4 nitrogen and oxygen atoms in total. The second-order valence-electron chi connectivity index (χ2n) is 3.44. The Morgan fingerprint density at radius 1 is 1.46 bits per heavy atom. The lowest BCUT2D eigenvalue weighted by molar-refractivity contribution is -0.128. The normalized spacial score (nSPS) is 21.1. The molecule has 1 aliphatic heterocycles. The van der Waals surface area contributed by atoms with Crippen LogP contribution >= 0.6 is 0 Å². The number of hydrogen-bond donors (Lipinski definition) is 3. The van der Waals surface area contributed by atoms with E-state index in [2.05, 4.69) is 16.0 Å². The van der Waals surface area contributed by atoms with Crippen molar-refractivity contribution in [2.75, 3.05) is 26.7 Å². The summed E-state index contributed by atoms with van der Waals surface area (Å²) in [7, 11) is 1.86. The van der Waals surface area contributed by atoms with Crippen LogP contribution in [0.15, 0.2) is 0 Å². The molecule has 0 aromatic heterocycles. The first-order valence-corrected chi connectivity index (χ1v) is 4.93. The largest absolute Gasteiger partial charge is 0.355 e. The van der Waals surface area contributed by atoms with Crippen LogP contribution in [0, 0.1) is 0 Å². The fourth-order valence-electron chi connectivity index (χ4n) is 1.77. The standard InChI is InChI=1S/C9H19N3O/c1-3-12-8(13)9(10-2)4-6-11-7-5-9/h10-11H,3-7H2,1-2H3,(H,12,13). The van der Waals surface area contributed by atoms with Crippen molar-refractivity contribution >= 4 is 5.91 Å². The first-order valence-electron chi connectivity index (χ1n) is 4.93. The molecule has 0 saturated carbocycles. The summed E-state index contributed by atoms with van der Waals surface area (Å²) in [5.74, 6) is 0.138. The minimum absolute atomic E-state index is 0.138. The molecular formula is C9H19N3O. The Balaban J connectivity index is 2.61. The third-order valence-corrected chi connectivity index (χ3v) is 2.71. The third kappa shape index (κ3) is 2.19. The van der Waals surface area contributed by atoms with Crippen LogP contribution < -0.4 is 16.0 Å². The Bertz CT molecular complexity index is 176. The highest BCUT2D eigenvalue weighted by Gasteiger charge is 2.37. The lowest BCUT2D eigenvalue weighted by atomic mass is 9.87. The summed E-state index contributed by atoms with van der Waals surface area (Å²) in [6.45, 7) is 4.48. The molecule has 0 bridgehead atoms. The maximum atomic E-state index is 11.7. The molecule has 3 N–H and O–H groups in total. The van der Waals surface area contributed by atoms with Crippen molar-refractivity contribution < 1.29 is 4.79 Å². The Labute approximate surface area is 79.5 Å². The summed E-state index contributed by atoms with van der Waals surface area (Å²) in [6.07, 6.45) is 1.74. The van der Waals surface area contributed by atoms with Crippen molar-refractivity contribution in [3.8, 4) is 0 Å². The van der Waals surface area contributed by atoms with Crippen molar-refractivity contribution in [1.82, 2.24) is 16.0 Å². The fraction of sp³-hybridized carbons (Fsp3) is 0.889. The second kappa shape index (κ2) is 4.58. The summed E-state index contributed by atoms with van der Waals surface area (Å²) in [5, 5.41) is 9.28. The summed E-state index contributed by atoms with van der Waals surface area (Å²) in [6, 6.07) is 0. The first kappa shape index (κ1) is 10.5. The smallest absolute Gasteiger partial charge is 0.240 e. The molecule has 0 spiro atoms. The topological polar surface area (TPSA) is 53.2 Å². The van der Waals surface area contributed by atoms with Crippen LogP contribution in [0.5, 0.6) is 0 Å². The fourth-order valence-corrected chi connectivity index (χ4v) is 1.77. The maximum Gasteiger partial charge on any atom is 0.240 e. The van der Waals surface area contributed by atoms with Gasteiger partial charge in [-0.1, -0.05) is 0 Å². The maximum absolute atomic E-state index is 11.7. The molecule has 4 heteroatoms. The van der Waals surface area contributed by atoms with Crippen LogP contribution in [-0.4, -0.2) is 38.1 Å². The number of carbonyl (C=O) groups is 1. The Hall–Kier alpha value is -0.610. The highest BCUT2D eigenvalue weighted by atomic mass is 16.2. The monoisotopic (exact) mass is 185 g/mol. The molecule has 1 saturated heterocycles. The van der Waals surface area contributed by atoms with E-state index in [0.717, 1.165) is 25.9 Å². The van der Waals surface area contributed by atoms with Gasteiger partial charge in [0.05, 0.1) is 5.54 Å². The van der Waals surface area contributed by atoms with Crippen molar-refractivity contribution in [1.29, 1.82) is 0 Å². The van der Waals surface area contributed by atoms with Crippen LogP contribution in [-0.2, 0) is 4.79 Å². The zero-order valence-corrected chi connectivity index (χ0v) is 8.44. The minimum Gasteiger partial charge on any atom is -0.355 e. The Morgan fingerprint density at radius 3 is 2.54 bits per heavy atom. The van der Waals surface area contributed by atoms with Crippen molar-refractivity contribution in [3.05, 3.63) is 0 Å². The van der Waals surface area contributed by atoms with Gasteiger partial charge >= 0.3 is 0 Å². The van der Waals surface area contributed by atoms with Crippen molar-refractivity contribution in [2.45, 2.75) is 25.3 Å². The number of nitrogens with one attached hydrogen (secondary N) is 3. The average Bonchev–Trinajstić information content (AvgIpc) is 2.19. The molecule has 0 unspecified atom stereocenters. The highest BCUT2D eigenvalue weighted by Crippen LogP contribution is 2.17. The van der Waals surface area contributed by atoms with Gasteiger partial charge in [0, 0.05) is 6.54 Å². The van der Waals surface area contributed by atoms with Crippen LogP contribution in [0.4, 0.5) is 0 Å². The predicted octanol–water partition coefficient (Wildman–Crippen LogP) is -0.536. The zero-order valence-electron chi connectivity index (χ0n) is 8.44. The third-order valence-electron chi connectivity index (χ3n) is 2.71. The number of hydrogen-bond acceptors (Lipinski definition) is 3. The Kier molecular flexibility index (Phi) is 3.69. The number of likely N-dealkylation sites (N-methyl/N-ethyl adjacent to an activating group) is 2. The molecule has 1 rings (SSSR count). The van der Waals surface area contributed by atoms with Crippen molar-refractivity contribution in [2.24, 2.45) is 0 Å². The van der Waals surface area contributed by atoms with E-state index in [1.807, 2.05) is 14.0 Å². The molecule has 0 aliphatic carbocycles. The zero-order chi connectivity index (χ0) is 9.73. The van der Waals surface area contributed by atoms with E-state index in [4.69, 9.17) is 0 Å². The van der Waals surface area contributed by atoms with Gasteiger partial charge in [0.2, 0.25) is 5.91 Å². The quantitative estimate of drug-likeness (QED) is 0.554. The number of amides is 1. The summed E-state index contributed by atoms with van der Waals surface area (Å²) >= 11 is 0. The molecule has 0 radical (unpaired) electrons. The molecule has 0 atom stereocenters. The van der Waals surface area contributed by atoms with E-state index < -0.39 is 0 Å². The van der Waals surface area contributed by atoms with Crippen LogP contribution in [0.1, 0.15) is 19.8 Å². The van der Waals surface area contributed by atoms with Gasteiger partial charge < -0.3 is 16.0 Å².